The maximum Gasteiger partial charge on any atom is 0.266 e. The van der Waals surface area contributed by atoms with Gasteiger partial charge in [0.1, 0.15) is 5.82 Å². The first kappa shape index (κ1) is 19.0. The SMILES string of the molecule is Cn1nc(N2CCN(c3ccc4c(=O)n(CC(F)F)cnc4c3)CC2)ccc1=O. The monoisotopic (exact) mass is 402 g/mol. The minimum Gasteiger partial charge on any atom is -0.368 e. The lowest BCUT2D eigenvalue weighted by atomic mass is 10.2. The van der Waals surface area contributed by atoms with Crippen LogP contribution >= 0.6 is 0 Å². The number of anilines is 2. The molecule has 1 aromatic carbocycles. The number of halogens is 2. The summed E-state index contributed by atoms with van der Waals surface area (Å²) in [5.74, 6) is 0.756. The van der Waals surface area contributed by atoms with Gasteiger partial charge in [-0.05, 0) is 24.3 Å². The maximum absolute atomic E-state index is 12.6. The van der Waals surface area contributed by atoms with E-state index in [9.17, 15) is 18.4 Å². The second kappa shape index (κ2) is 7.61. The summed E-state index contributed by atoms with van der Waals surface area (Å²) in [5.41, 5.74) is 0.792. The molecule has 0 spiro atoms. The molecule has 0 unspecified atom stereocenters. The van der Waals surface area contributed by atoms with Crippen molar-refractivity contribution in [2.45, 2.75) is 13.0 Å². The number of fused-ring (bicyclic) bond motifs is 1. The van der Waals surface area contributed by atoms with Gasteiger partial charge in [-0.15, -0.1) is 0 Å². The fourth-order valence-electron chi connectivity index (χ4n) is 3.47. The van der Waals surface area contributed by atoms with E-state index in [1.807, 2.05) is 12.1 Å². The number of benzene rings is 1. The molecule has 0 saturated carbocycles. The summed E-state index contributed by atoms with van der Waals surface area (Å²) in [5, 5.41) is 4.61. The zero-order valence-electron chi connectivity index (χ0n) is 15.8. The Balaban J connectivity index is 1.51. The van der Waals surface area contributed by atoms with Crippen molar-refractivity contribution in [2.75, 3.05) is 36.0 Å². The Morgan fingerprint density at radius 3 is 2.45 bits per heavy atom. The Hall–Kier alpha value is -3.30. The van der Waals surface area contributed by atoms with Gasteiger partial charge in [-0.25, -0.2) is 18.4 Å². The van der Waals surface area contributed by atoms with Gasteiger partial charge in [0, 0.05) is 45.0 Å². The normalized spacial score (nSPS) is 14.8. The fraction of sp³-hybridized carbons (Fsp3) is 0.368. The zero-order valence-corrected chi connectivity index (χ0v) is 15.8. The number of aromatic nitrogens is 4. The van der Waals surface area contributed by atoms with Crippen molar-refractivity contribution in [3.8, 4) is 0 Å². The van der Waals surface area contributed by atoms with Crippen LogP contribution in [0.3, 0.4) is 0 Å². The molecule has 3 aromatic rings. The van der Waals surface area contributed by atoms with Gasteiger partial charge in [0.25, 0.3) is 17.5 Å². The third kappa shape index (κ3) is 3.82. The molecule has 0 atom stereocenters. The molecule has 0 amide bonds. The highest BCUT2D eigenvalue weighted by molar-refractivity contribution is 5.81. The largest absolute Gasteiger partial charge is 0.368 e. The Labute approximate surface area is 164 Å². The van der Waals surface area contributed by atoms with E-state index in [1.54, 1.807) is 19.2 Å². The van der Waals surface area contributed by atoms with Crippen LogP contribution in [0.1, 0.15) is 0 Å². The summed E-state index contributed by atoms with van der Waals surface area (Å²) < 4.78 is 27.4. The van der Waals surface area contributed by atoms with E-state index in [1.165, 1.54) is 17.1 Å². The highest BCUT2D eigenvalue weighted by atomic mass is 19.3. The number of aryl methyl sites for hydroxylation is 1. The number of rotatable bonds is 4. The van der Waals surface area contributed by atoms with Crippen molar-refractivity contribution in [1.29, 1.82) is 0 Å². The molecule has 2 aromatic heterocycles. The summed E-state index contributed by atoms with van der Waals surface area (Å²) in [7, 11) is 1.62. The molecular weight excluding hydrogens is 382 g/mol. The molecule has 0 aliphatic carbocycles. The van der Waals surface area contributed by atoms with Crippen LogP contribution in [0.5, 0.6) is 0 Å². The van der Waals surface area contributed by atoms with Gasteiger partial charge in [-0.3, -0.25) is 14.2 Å². The molecule has 1 saturated heterocycles. The Morgan fingerprint density at radius 1 is 1.03 bits per heavy atom. The predicted molar refractivity (Wildman–Crippen MR) is 106 cm³/mol. The lowest BCUT2D eigenvalue weighted by Crippen LogP contribution is -2.47. The molecule has 0 bridgehead atoms. The Morgan fingerprint density at radius 2 is 1.76 bits per heavy atom. The number of piperazine rings is 1. The summed E-state index contributed by atoms with van der Waals surface area (Å²) in [6.07, 6.45) is -1.44. The first-order valence-electron chi connectivity index (χ1n) is 9.24. The van der Waals surface area contributed by atoms with Crippen molar-refractivity contribution in [2.24, 2.45) is 7.05 Å². The maximum atomic E-state index is 12.6. The Bertz CT molecular complexity index is 1150. The van der Waals surface area contributed by atoms with Crippen LogP contribution in [0.4, 0.5) is 20.3 Å². The minimum atomic E-state index is -2.61. The van der Waals surface area contributed by atoms with Crippen LogP contribution in [-0.4, -0.2) is 51.9 Å². The molecule has 0 N–H and O–H groups in total. The van der Waals surface area contributed by atoms with Crippen molar-refractivity contribution in [3.63, 3.8) is 0 Å². The highest BCUT2D eigenvalue weighted by Gasteiger charge is 2.19. The van der Waals surface area contributed by atoms with Gasteiger partial charge in [-0.2, -0.15) is 5.10 Å². The summed E-state index contributed by atoms with van der Waals surface area (Å²) in [6, 6.07) is 8.50. The first-order valence-corrected chi connectivity index (χ1v) is 9.24. The van der Waals surface area contributed by atoms with Crippen LogP contribution in [0, 0.1) is 0 Å². The number of hydrogen-bond donors (Lipinski definition) is 0. The van der Waals surface area contributed by atoms with Gasteiger partial charge in [-0.1, -0.05) is 0 Å². The lowest BCUT2D eigenvalue weighted by molar-refractivity contribution is 0.125. The minimum absolute atomic E-state index is 0.149. The molecule has 10 heteroatoms. The fourth-order valence-corrected chi connectivity index (χ4v) is 3.47. The van der Waals surface area contributed by atoms with E-state index in [0.717, 1.165) is 42.3 Å². The quantitative estimate of drug-likeness (QED) is 0.650. The van der Waals surface area contributed by atoms with Gasteiger partial charge >= 0.3 is 0 Å². The van der Waals surface area contributed by atoms with E-state index in [4.69, 9.17) is 0 Å². The lowest BCUT2D eigenvalue weighted by Gasteiger charge is -2.36. The van der Waals surface area contributed by atoms with Crippen molar-refractivity contribution in [3.05, 3.63) is 57.4 Å². The average molecular weight is 402 g/mol. The first-order chi connectivity index (χ1) is 13.9. The third-order valence-electron chi connectivity index (χ3n) is 5.06. The molecule has 29 heavy (non-hydrogen) atoms. The summed E-state index contributed by atoms with van der Waals surface area (Å²) >= 11 is 0. The van der Waals surface area contributed by atoms with Crippen molar-refractivity contribution >= 4 is 22.4 Å². The second-order valence-electron chi connectivity index (χ2n) is 6.92. The summed E-state index contributed by atoms with van der Waals surface area (Å²) in [4.78, 5) is 32.3. The van der Waals surface area contributed by atoms with Crippen molar-refractivity contribution in [1.82, 2.24) is 19.3 Å². The van der Waals surface area contributed by atoms with Gasteiger partial charge in [0.05, 0.1) is 23.8 Å². The second-order valence-corrected chi connectivity index (χ2v) is 6.92. The van der Waals surface area contributed by atoms with Crippen LogP contribution in [0.25, 0.3) is 10.9 Å². The molecule has 1 fully saturated rings. The zero-order chi connectivity index (χ0) is 20.5. The van der Waals surface area contributed by atoms with Gasteiger partial charge in [0.15, 0.2) is 0 Å². The molecule has 1 aliphatic heterocycles. The number of hydrogen-bond acceptors (Lipinski definition) is 6. The van der Waals surface area contributed by atoms with Crippen LogP contribution in [0.2, 0.25) is 0 Å². The van der Waals surface area contributed by atoms with E-state index < -0.39 is 18.5 Å². The molecule has 4 rings (SSSR count). The van der Waals surface area contributed by atoms with Crippen LogP contribution < -0.4 is 20.9 Å². The number of nitrogens with zero attached hydrogens (tertiary/aromatic N) is 6. The molecule has 0 radical (unpaired) electrons. The van der Waals surface area contributed by atoms with Gasteiger partial charge < -0.3 is 9.80 Å². The number of alkyl halides is 2. The van der Waals surface area contributed by atoms with Crippen molar-refractivity contribution < 1.29 is 8.78 Å². The van der Waals surface area contributed by atoms with Crippen LogP contribution in [0.15, 0.2) is 46.2 Å². The Kier molecular flexibility index (Phi) is 4.99. The topological polar surface area (TPSA) is 76.3 Å². The smallest absolute Gasteiger partial charge is 0.266 e. The average Bonchev–Trinajstić information content (AvgIpc) is 2.72. The molecular formula is C19H20F2N6O2. The molecule has 152 valence electrons. The van der Waals surface area contributed by atoms with E-state index in [0.29, 0.717) is 10.9 Å². The van der Waals surface area contributed by atoms with Crippen LogP contribution in [-0.2, 0) is 13.6 Å². The third-order valence-corrected chi connectivity index (χ3v) is 5.06. The summed E-state index contributed by atoms with van der Waals surface area (Å²) in [6.45, 7) is 2.26. The predicted octanol–water partition coefficient (Wildman–Crippen LogP) is 1.08. The van der Waals surface area contributed by atoms with E-state index >= 15 is 0 Å². The molecule has 1 aliphatic rings. The standard InChI is InChI=1S/C19H20F2N6O2/c1-24-18(28)5-4-17(23-24)26-8-6-25(7-9-26)13-2-3-14-15(10-13)22-12-27(19(14)29)11-16(20)21/h2-5,10,12,16H,6-9,11H2,1H3. The van der Waals surface area contributed by atoms with E-state index in [2.05, 4.69) is 19.9 Å². The van der Waals surface area contributed by atoms with Gasteiger partial charge in [0.2, 0.25) is 0 Å². The highest BCUT2D eigenvalue weighted by Crippen LogP contribution is 2.21. The molecule has 3 heterocycles. The van der Waals surface area contributed by atoms with E-state index in [-0.39, 0.29) is 5.56 Å². The molecule has 8 nitrogen and oxygen atoms in total.